The highest BCUT2D eigenvalue weighted by atomic mass is 32.1. The number of nitrogens with one attached hydrogen (secondary N) is 2. The quantitative estimate of drug-likeness (QED) is 0.776. The summed E-state index contributed by atoms with van der Waals surface area (Å²) < 4.78 is 4.94. The number of anilines is 1. The number of esters is 1. The van der Waals surface area contributed by atoms with Gasteiger partial charge in [0.05, 0.1) is 6.54 Å². The van der Waals surface area contributed by atoms with Crippen molar-refractivity contribution in [1.29, 1.82) is 0 Å². The number of benzene rings is 1. The van der Waals surface area contributed by atoms with Gasteiger partial charge in [0.1, 0.15) is 4.88 Å². The van der Waals surface area contributed by atoms with Gasteiger partial charge in [0.15, 0.2) is 6.61 Å². The molecule has 0 radical (unpaired) electrons. The van der Waals surface area contributed by atoms with E-state index in [1.54, 1.807) is 24.4 Å². The summed E-state index contributed by atoms with van der Waals surface area (Å²) in [7, 11) is 0. The summed E-state index contributed by atoms with van der Waals surface area (Å²) in [5.41, 5.74) is 3.56. The molecular formula is C18H20N2O4S. The SMILES string of the molecule is Cc1ccsc1C(=O)OCC(=O)NCC(=O)Nc1cccc(C)c1C. The molecule has 2 rings (SSSR count). The summed E-state index contributed by atoms with van der Waals surface area (Å²) in [6.45, 7) is 5.05. The van der Waals surface area contributed by atoms with E-state index in [1.807, 2.05) is 26.0 Å². The lowest BCUT2D eigenvalue weighted by Gasteiger charge is -2.11. The van der Waals surface area contributed by atoms with Gasteiger partial charge in [-0.05, 0) is 55.0 Å². The van der Waals surface area contributed by atoms with E-state index in [0.29, 0.717) is 10.6 Å². The molecule has 0 atom stereocenters. The van der Waals surface area contributed by atoms with E-state index in [4.69, 9.17) is 4.74 Å². The largest absolute Gasteiger partial charge is 0.451 e. The molecule has 0 aliphatic heterocycles. The first-order chi connectivity index (χ1) is 11.9. The van der Waals surface area contributed by atoms with Crippen molar-refractivity contribution in [3.63, 3.8) is 0 Å². The van der Waals surface area contributed by atoms with Gasteiger partial charge in [-0.15, -0.1) is 11.3 Å². The van der Waals surface area contributed by atoms with E-state index in [9.17, 15) is 14.4 Å². The Morgan fingerprint density at radius 2 is 1.80 bits per heavy atom. The van der Waals surface area contributed by atoms with Gasteiger partial charge in [-0.1, -0.05) is 12.1 Å². The van der Waals surface area contributed by atoms with E-state index >= 15 is 0 Å². The van der Waals surface area contributed by atoms with Crippen molar-refractivity contribution >= 4 is 34.8 Å². The lowest BCUT2D eigenvalue weighted by atomic mass is 10.1. The van der Waals surface area contributed by atoms with Crippen LogP contribution in [0.1, 0.15) is 26.4 Å². The molecule has 25 heavy (non-hydrogen) atoms. The Bertz CT molecular complexity index is 798. The molecule has 1 heterocycles. The zero-order valence-electron chi connectivity index (χ0n) is 14.3. The Kier molecular flexibility index (Phi) is 6.30. The molecule has 0 aliphatic rings. The molecule has 2 aromatic rings. The van der Waals surface area contributed by atoms with Crippen molar-refractivity contribution in [3.05, 3.63) is 51.2 Å². The lowest BCUT2D eigenvalue weighted by Crippen LogP contribution is -2.35. The van der Waals surface area contributed by atoms with Crippen molar-refractivity contribution in [2.75, 3.05) is 18.5 Å². The Hall–Kier alpha value is -2.67. The van der Waals surface area contributed by atoms with Gasteiger partial charge in [-0.2, -0.15) is 0 Å². The molecular weight excluding hydrogens is 340 g/mol. The molecule has 0 spiro atoms. The predicted octanol–water partition coefficient (Wildman–Crippen LogP) is 2.59. The van der Waals surface area contributed by atoms with E-state index in [-0.39, 0.29) is 12.5 Å². The molecule has 1 aromatic heterocycles. The average Bonchev–Trinajstić information content (AvgIpc) is 3.01. The van der Waals surface area contributed by atoms with Crippen LogP contribution >= 0.6 is 11.3 Å². The van der Waals surface area contributed by atoms with Gasteiger partial charge >= 0.3 is 5.97 Å². The predicted molar refractivity (Wildman–Crippen MR) is 96.9 cm³/mol. The van der Waals surface area contributed by atoms with Crippen molar-refractivity contribution in [3.8, 4) is 0 Å². The maximum Gasteiger partial charge on any atom is 0.349 e. The van der Waals surface area contributed by atoms with Crippen LogP contribution in [0.2, 0.25) is 0 Å². The Labute approximate surface area is 150 Å². The zero-order valence-corrected chi connectivity index (χ0v) is 15.2. The third-order valence-corrected chi connectivity index (χ3v) is 4.70. The molecule has 0 aliphatic carbocycles. The third kappa shape index (κ3) is 5.15. The molecule has 1 aromatic carbocycles. The number of rotatable bonds is 6. The van der Waals surface area contributed by atoms with E-state index in [0.717, 1.165) is 16.7 Å². The number of carbonyl (C=O) groups excluding carboxylic acids is 3. The summed E-state index contributed by atoms with van der Waals surface area (Å²) in [6, 6.07) is 7.41. The Morgan fingerprint density at radius 1 is 1.04 bits per heavy atom. The van der Waals surface area contributed by atoms with E-state index in [2.05, 4.69) is 10.6 Å². The second-order valence-electron chi connectivity index (χ2n) is 5.58. The highest BCUT2D eigenvalue weighted by Crippen LogP contribution is 2.18. The summed E-state index contributed by atoms with van der Waals surface area (Å²) >= 11 is 1.26. The van der Waals surface area contributed by atoms with Crippen LogP contribution in [-0.4, -0.2) is 30.9 Å². The van der Waals surface area contributed by atoms with Gasteiger partial charge in [-0.3, -0.25) is 9.59 Å². The number of thiophene rings is 1. The fourth-order valence-electron chi connectivity index (χ4n) is 2.09. The van der Waals surface area contributed by atoms with Crippen LogP contribution in [0.15, 0.2) is 29.6 Å². The van der Waals surface area contributed by atoms with Gasteiger partial charge in [0.2, 0.25) is 5.91 Å². The minimum absolute atomic E-state index is 0.193. The number of aryl methyl sites for hydroxylation is 2. The first-order valence-electron chi connectivity index (χ1n) is 7.72. The summed E-state index contributed by atoms with van der Waals surface area (Å²) in [4.78, 5) is 35.9. The molecule has 0 saturated carbocycles. The van der Waals surface area contributed by atoms with E-state index in [1.165, 1.54) is 11.3 Å². The zero-order chi connectivity index (χ0) is 18.4. The monoisotopic (exact) mass is 360 g/mol. The fourth-order valence-corrected chi connectivity index (χ4v) is 2.91. The average molecular weight is 360 g/mol. The summed E-state index contributed by atoms with van der Waals surface area (Å²) in [5, 5.41) is 6.95. The van der Waals surface area contributed by atoms with Crippen LogP contribution in [0.25, 0.3) is 0 Å². The number of hydrogen-bond donors (Lipinski definition) is 2. The van der Waals surface area contributed by atoms with Crippen LogP contribution in [0.3, 0.4) is 0 Å². The third-order valence-electron chi connectivity index (χ3n) is 3.71. The smallest absolute Gasteiger partial charge is 0.349 e. The van der Waals surface area contributed by atoms with Gasteiger partial charge in [-0.25, -0.2) is 4.79 Å². The molecule has 6 nitrogen and oxygen atoms in total. The minimum atomic E-state index is -0.539. The minimum Gasteiger partial charge on any atom is -0.451 e. The van der Waals surface area contributed by atoms with Crippen LogP contribution in [-0.2, 0) is 14.3 Å². The molecule has 2 N–H and O–H groups in total. The van der Waals surface area contributed by atoms with Gasteiger partial charge < -0.3 is 15.4 Å². The molecule has 0 fully saturated rings. The fraction of sp³-hybridized carbons (Fsp3) is 0.278. The van der Waals surface area contributed by atoms with Crippen molar-refractivity contribution in [2.45, 2.75) is 20.8 Å². The lowest BCUT2D eigenvalue weighted by molar-refractivity contribution is -0.126. The standard InChI is InChI=1S/C18H20N2O4S/c1-11-5-4-6-14(13(11)3)20-15(21)9-19-16(22)10-24-18(23)17-12(2)7-8-25-17/h4-8H,9-10H2,1-3H3,(H,19,22)(H,20,21). The summed E-state index contributed by atoms with van der Waals surface area (Å²) in [6.07, 6.45) is 0. The van der Waals surface area contributed by atoms with Crippen molar-refractivity contribution < 1.29 is 19.1 Å². The molecule has 0 unspecified atom stereocenters. The molecule has 0 bridgehead atoms. The number of amides is 2. The first-order valence-corrected chi connectivity index (χ1v) is 8.60. The maximum absolute atomic E-state index is 11.9. The molecule has 7 heteroatoms. The number of ether oxygens (including phenoxy) is 1. The Balaban J connectivity index is 1.76. The van der Waals surface area contributed by atoms with Crippen LogP contribution in [0.5, 0.6) is 0 Å². The molecule has 0 saturated heterocycles. The number of hydrogen-bond acceptors (Lipinski definition) is 5. The normalized spacial score (nSPS) is 10.2. The summed E-state index contributed by atoms with van der Waals surface area (Å²) in [5.74, 6) is -1.41. The molecule has 132 valence electrons. The van der Waals surface area contributed by atoms with Crippen LogP contribution in [0.4, 0.5) is 5.69 Å². The van der Waals surface area contributed by atoms with Crippen molar-refractivity contribution in [2.24, 2.45) is 0 Å². The van der Waals surface area contributed by atoms with Crippen LogP contribution in [0, 0.1) is 20.8 Å². The topological polar surface area (TPSA) is 84.5 Å². The highest BCUT2D eigenvalue weighted by molar-refractivity contribution is 7.12. The highest BCUT2D eigenvalue weighted by Gasteiger charge is 2.14. The molecule has 2 amide bonds. The second-order valence-corrected chi connectivity index (χ2v) is 6.50. The first kappa shape index (κ1) is 18.7. The van der Waals surface area contributed by atoms with Crippen LogP contribution < -0.4 is 10.6 Å². The maximum atomic E-state index is 11.9. The Morgan fingerprint density at radius 3 is 2.48 bits per heavy atom. The number of carbonyl (C=O) groups is 3. The second kappa shape index (κ2) is 8.43. The van der Waals surface area contributed by atoms with Gasteiger partial charge in [0.25, 0.3) is 5.91 Å². The van der Waals surface area contributed by atoms with E-state index < -0.39 is 18.5 Å². The van der Waals surface area contributed by atoms with Gasteiger partial charge in [0, 0.05) is 5.69 Å². The van der Waals surface area contributed by atoms with Crippen molar-refractivity contribution in [1.82, 2.24) is 5.32 Å².